The van der Waals surface area contributed by atoms with E-state index in [1.807, 2.05) is 0 Å². The third kappa shape index (κ3) is 4.80. The second kappa shape index (κ2) is 9.11. The largest absolute Gasteiger partial charge is 0.450 e. The minimum atomic E-state index is -3.15. The van der Waals surface area contributed by atoms with Gasteiger partial charge >= 0.3 is 0 Å². The monoisotopic (exact) mass is 491 g/mol. The predicted molar refractivity (Wildman–Crippen MR) is 125 cm³/mol. The van der Waals surface area contributed by atoms with Crippen LogP contribution in [0.2, 0.25) is 0 Å². The Labute approximate surface area is 195 Å². The Kier molecular flexibility index (Phi) is 6.18. The maximum absolute atomic E-state index is 11.8. The summed E-state index contributed by atoms with van der Waals surface area (Å²) in [5.41, 5.74) is 0.834. The van der Waals surface area contributed by atoms with Crippen molar-refractivity contribution < 1.29 is 22.4 Å². The maximum atomic E-state index is 11.8. The maximum Gasteiger partial charge on any atom is 0.211 e. The van der Waals surface area contributed by atoms with Crippen molar-refractivity contribution in [3.63, 3.8) is 0 Å². The molecule has 5 heterocycles. The summed E-state index contributed by atoms with van der Waals surface area (Å²) in [5.74, 6) is 1.99. The summed E-state index contributed by atoms with van der Waals surface area (Å²) in [7, 11) is -3.15. The average molecular weight is 492 g/mol. The fraction of sp³-hybridized carbons (Fsp3) is 0.476. The molecule has 0 aromatic carbocycles. The summed E-state index contributed by atoms with van der Waals surface area (Å²) in [5, 5.41) is 0. The molecule has 0 atom stereocenters. The molecule has 0 amide bonds. The molecule has 0 bridgehead atoms. The van der Waals surface area contributed by atoms with Gasteiger partial charge < -0.3 is 14.1 Å². The van der Waals surface area contributed by atoms with Crippen LogP contribution in [0.25, 0.3) is 21.8 Å². The Bertz CT molecular complexity index is 1260. The van der Waals surface area contributed by atoms with Crippen LogP contribution in [0, 0.1) is 0 Å². The van der Waals surface area contributed by atoms with Crippen molar-refractivity contribution >= 4 is 43.7 Å². The standard InChI is InChI=1S/C21H25N5O5S2/c1-33(28,29)26-6-4-24(5-7-26)13-16-12-17-19(32-16)21(25-8-10-30-11-9-25)23-20(22-17)18-3-2-15(14-27)31-18/h2-3,12,14H,4-11,13H2,1H3. The number of aldehydes is 1. The molecule has 176 valence electrons. The van der Waals surface area contributed by atoms with E-state index in [2.05, 4.69) is 15.9 Å². The number of rotatable bonds is 6. The van der Waals surface area contributed by atoms with Crippen molar-refractivity contribution in [2.45, 2.75) is 6.54 Å². The van der Waals surface area contributed by atoms with Crippen LogP contribution in [0.4, 0.5) is 5.82 Å². The van der Waals surface area contributed by atoms with Crippen molar-refractivity contribution in [2.24, 2.45) is 0 Å². The number of anilines is 1. The van der Waals surface area contributed by atoms with Gasteiger partial charge in [0.25, 0.3) is 0 Å². The fourth-order valence-corrected chi connectivity index (χ4v) is 6.10. The Morgan fingerprint density at radius 2 is 1.85 bits per heavy atom. The first-order valence-corrected chi connectivity index (χ1v) is 13.4. The SMILES string of the molecule is CS(=O)(=O)N1CCN(Cc2cc3nc(-c4ccc(C=O)o4)nc(N4CCOCC4)c3s2)CC1. The molecule has 0 aliphatic carbocycles. The van der Waals surface area contributed by atoms with Crippen LogP contribution in [0.15, 0.2) is 22.6 Å². The normalized spacial score (nSPS) is 18.8. The van der Waals surface area contributed by atoms with Gasteiger partial charge in [-0.25, -0.2) is 18.4 Å². The third-order valence-corrected chi connectivity index (χ3v) is 8.27. The number of fused-ring (bicyclic) bond motifs is 1. The van der Waals surface area contributed by atoms with E-state index in [0.29, 0.717) is 57.3 Å². The van der Waals surface area contributed by atoms with Gasteiger partial charge in [0.05, 0.1) is 29.7 Å². The lowest BCUT2D eigenvalue weighted by Gasteiger charge is -2.32. The summed E-state index contributed by atoms with van der Waals surface area (Å²) in [4.78, 5) is 26.2. The number of aromatic nitrogens is 2. The molecule has 0 spiro atoms. The van der Waals surface area contributed by atoms with Gasteiger partial charge in [-0.05, 0) is 18.2 Å². The van der Waals surface area contributed by atoms with Crippen LogP contribution in [0.5, 0.6) is 0 Å². The van der Waals surface area contributed by atoms with Crippen LogP contribution >= 0.6 is 11.3 Å². The van der Waals surface area contributed by atoms with Gasteiger partial charge in [-0.1, -0.05) is 0 Å². The zero-order valence-corrected chi connectivity index (χ0v) is 19.9. The van der Waals surface area contributed by atoms with Crippen molar-refractivity contribution in [1.29, 1.82) is 0 Å². The number of thiophene rings is 1. The molecule has 3 aromatic heterocycles. The molecule has 0 saturated carbocycles. The molecule has 3 aromatic rings. The highest BCUT2D eigenvalue weighted by atomic mass is 32.2. The number of carbonyl (C=O) groups excluding carboxylic acids is 1. The Balaban J connectivity index is 1.45. The number of morpholine rings is 1. The van der Waals surface area contributed by atoms with Gasteiger partial charge in [-0.2, -0.15) is 4.31 Å². The van der Waals surface area contributed by atoms with Crippen LogP contribution in [-0.2, 0) is 21.3 Å². The number of furan rings is 1. The summed E-state index contributed by atoms with van der Waals surface area (Å²) in [6, 6.07) is 5.39. The van der Waals surface area contributed by atoms with Gasteiger partial charge in [0, 0.05) is 50.7 Å². The van der Waals surface area contributed by atoms with Gasteiger partial charge in [-0.3, -0.25) is 9.69 Å². The molecule has 5 rings (SSSR count). The van der Waals surface area contributed by atoms with E-state index >= 15 is 0 Å². The number of hydrogen-bond acceptors (Lipinski definition) is 10. The molecule has 33 heavy (non-hydrogen) atoms. The molecule has 2 fully saturated rings. The lowest BCUT2D eigenvalue weighted by Crippen LogP contribution is -2.47. The summed E-state index contributed by atoms with van der Waals surface area (Å²) in [6.07, 6.45) is 1.92. The summed E-state index contributed by atoms with van der Waals surface area (Å²) < 4.78 is 37.2. The van der Waals surface area contributed by atoms with Crippen LogP contribution in [0.3, 0.4) is 0 Å². The quantitative estimate of drug-likeness (QED) is 0.476. The lowest BCUT2D eigenvalue weighted by atomic mass is 10.3. The van der Waals surface area contributed by atoms with Crippen LogP contribution < -0.4 is 4.90 Å². The number of nitrogens with zero attached hydrogens (tertiary/aromatic N) is 5. The number of carbonyl (C=O) groups is 1. The first-order chi connectivity index (χ1) is 15.9. The highest BCUT2D eigenvalue weighted by Gasteiger charge is 2.25. The highest BCUT2D eigenvalue weighted by Crippen LogP contribution is 2.35. The van der Waals surface area contributed by atoms with Crippen molar-refractivity contribution in [3.05, 3.63) is 28.8 Å². The molecular weight excluding hydrogens is 466 g/mol. The number of piperazine rings is 1. The van der Waals surface area contributed by atoms with Crippen molar-refractivity contribution in [3.8, 4) is 11.6 Å². The Morgan fingerprint density at radius 3 is 2.52 bits per heavy atom. The Hall–Kier alpha value is -2.38. The van der Waals surface area contributed by atoms with E-state index in [0.717, 1.165) is 40.5 Å². The number of sulfonamides is 1. The number of ether oxygens (including phenoxy) is 1. The van der Waals surface area contributed by atoms with Crippen LogP contribution in [-0.4, -0.2) is 92.6 Å². The minimum absolute atomic E-state index is 0.237. The summed E-state index contributed by atoms with van der Waals surface area (Å²) in [6.45, 7) is 5.87. The smallest absolute Gasteiger partial charge is 0.211 e. The van der Waals surface area contributed by atoms with Crippen molar-refractivity contribution in [2.75, 3.05) is 63.6 Å². The second-order valence-electron chi connectivity index (χ2n) is 8.16. The van der Waals surface area contributed by atoms with E-state index in [9.17, 15) is 13.2 Å². The zero-order valence-electron chi connectivity index (χ0n) is 18.3. The number of hydrogen-bond donors (Lipinski definition) is 0. The molecule has 2 aliphatic heterocycles. The van der Waals surface area contributed by atoms with Gasteiger partial charge in [0.1, 0.15) is 0 Å². The molecular formula is C21H25N5O5S2. The molecule has 0 unspecified atom stereocenters. The first-order valence-electron chi connectivity index (χ1n) is 10.8. The molecule has 12 heteroatoms. The molecule has 2 aliphatic rings. The van der Waals surface area contributed by atoms with Gasteiger partial charge in [0.2, 0.25) is 10.0 Å². The van der Waals surface area contributed by atoms with Gasteiger partial charge in [-0.15, -0.1) is 11.3 Å². The van der Waals surface area contributed by atoms with E-state index < -0.39 is 10.0 Å². The fourth-order valence-electron chi connectivity index (χ4n) is 4.12. The summed E-state index contributed by atoms with van der Waals surface area (Å²) >= 11 is 1.66. The second-order valence-corrected chi connectivity index (χ2v) is 11.3. The van der Waals surface area contributed by atoms with Crippen LogP contribution in [0.1, 0.15) is 15.4 Å². The lowest BCUT2D eigenvalue weighted by molar-refractivity contribution is 0.110. The van der Waals surface area contributed by atoms with Gasteiger partial charge in [0.15, 0.2) is 29.4 Å². The zero-order chi connectivity index (χ0) is 23.0. The van der Waals surface area contributed by atoms with E-state index in [1.165, 1.54) is 10.6 Å². The average Bonchev–Trinajstić information content (AvgIpc) is 3.45. The molecule has 2 saturated heterocycles. The first kappa shape index (κ1) is 22.4. The van der Waals surface area contributed by atoms with E-state index in [-0.39, 0.29) is 5.76 Å². The van der Waals surface area contributed by atoms with E-state index in [1.54, 1.807) is 23.5 Å². The minimum Gasteiger partial charge on any atom is -0.450 e. The molecule has 10 nitrogen and oxygen atoms in total. The topological polar surface area (TPSA) is 109 Å². The Morgan fingerprint density at radius 1 is 1.09 bits per heavy atom. The van der Waals surface area contributed by atoms with Crippen molar-refractivity contribution in [1.82, 2.24) is 19.2 Å². The highest BCUT2D eigenvalue weighted by molar-refractivity contribution is 7.88. The third-order valence-electron chi connectivity index (χ3n) is 5.86. The molecule has 0 radical (unpaired) electrons. The van der Waals surface area contributed by atoms with E-state index in [4.69, 9.17) is 19.1 Å². The molecule has 0 N–H and O–H groups in total. The predicted octanol–water partition coefficient (Wildman–Crippen LogP) is 1.68.